The van der Waals surface area contributed by atoms with Gasteiger partial charge in [0.05, 0.1) is 12.5 Å². The Labute approximate surface area is 121 Å². The molecule has 108 valence electrons. The van der Waals surface area contributed by atoms with Gasteiger partial charge in [-0.15, -0.1) is 0 Å². The SMILES string of the molecule is Cc1cccc(NC(=O)C[C@H]2Cn3ncnc3NC2=O)c1. The van der Waals surface area contributed by atoms with Crippen LogP contribution in [0.5, 0.6) is 0 Å². The van der Waals surface area contributed by atoms with Crippen LogP contribution in [0.2, 0.25) is 0 Å². The van der Waals surface area contributed by atoms with Gasteiger partial charge in [-0.1, -0.05) is 12.1 Å². The zero-order valence-corrected chi connectivity index (χ0v) is 11.5. The number of carbonyl (C=O) groups excluding carboxylic acids is 2. The number of carbonyl (C=O) groups is 2. The summed E-state index contributed by atoms with van der Waals surface area (Å²) >= 11 is 0. The fourth-order valence-corrected chi connectivity index (χ4v) is 2.31. The summed E-state index contributed by atoms with van der Waals surface area (Å²) in [5.41, 5.74) is 1.80. The van der Waals surface area contributed by atoms with Gasteiger partial charge in [0.1, 0.15) is 6.33 Å². The Hall–Kier alpha value is -2.70. The number of nitrogens with zero attached hydrogens (tertiary/aromatic N) is 3. The molecule has 7 heteroatoms. The Morgan fingerprint density at radius 3 is 3.19 bits per heavy atom. The number of benzene rings is 1. The van der Waals surface area contributed by atoms with E-state index in [2.05, 4.69) is 20.7 Å². The number of hydrogen-bond donors (Lipinski definition) is 2. The lowest BCUT2D eigenvalue weighted by molar-refractivity contribution is -0.125. The zero-order valence-electron chi connectivity index (χ0n) is 11.5. The number of anilines is 2. The zero-order chi connectivity index (χ0) is 14.8. The van der Waals surface area contributed by atoms with Gasteiger partial charge in [0.15, 0.2) is 0 Å². The average molecular weight is 285 g/mol. The Morgan fingerprint density at radius 2 is 2.38 bits per heavy atom. The Kier molecular flexibility index (Phi) is 3.39. The fourth-order valence-electron chi connectivity index (χ4n) is 2.31. The molecule has 0 saturated carbocycles. The summed E-state index contributed by atoms with van der Waals surface area (Å²) < 4.78 is 1.59. The molecule has 21 heavy (non-hydrogen) atoms. The first kappa shape index (κ1) is 13.3. The van der Waals surface area contributed by atoms with Gasteiger partial charge in [0.25, 0.3) is 0 Å². The predicted octanol–water partition coefficient (Wildman–Crippen LogP) is 1.18. The van der Waals surface area contributed by atoms with Gasteiger partial charge >= 0.3 is 0 Å². The van der Waals surface area contributed by atoms with Crippen LogP contribution in [-0.2, 0) is 16.1 Å². The summed E-state index contributed by atoms with van der Waals surface area (Å²) in [6.07, 6.45) is 1.49. The van der Waals surface area contributed by atoms with Crippen molar-refractivity contribution in [3.8, 4) is 0 Å². The molecule has 0 aliphatic carbocycles. The number of nitrogens with one attached hydrogen (secondary N) is 2. The topological polar surface area (TPSA) is 88.9 Å². The van der Waals surface area contributed by atoms with Crippen LogP contribution in [0.25, 0.3) is 0 Å². The predicted molar refractivity (Wildman–Crippen MR) is 76.6 cm³/mol. The molecule has 1 aliphatic heterocycles. The third-order valence-corrected chi connectivity index (χ3v) is 3.35. The number of aryl methyl sites for hydroxylation is 1. The van der Waals surface area contributed by atoms with E-state index >= 15 is 0 Å². The molecule has 0 unspecified atom stereocenters. The molecule has 7 nitrogen and oxygen atoms in total. The lowest BCUT2D eigenvalue weighted by Crippen LogP contribution is -2.36. The second kappa shape index (κ2) is 5.35. The molecule has 1 aromatic carbocycles. The van der Waals surface area contributed by atoms with Gasteiger partial charge in [-0.3, -0.25) is 14.9 Å². The van der Waals surface area contributed by atoms with Crippen molar-refractivity contribution in [1.82, 2.24) is 14.8 Å². The first-order chi connectivity index (χ1) is 10.1. The quantitative estimate of drug-likeness (QED) is 0.886. The van der Waals surface area contributed by atoms with Gasteiger partial charge in [-0.05, 0) is 24.6 Å². The van der Waals surface area contributed by atoms with Crippen molar-refractivity contribution >= 4 is 23.5 Å². The van der Waals surface area contributed by atoms with E-state index in [0.717, 1.165) is 11.3 Å². The molecule has 0 radical (unpaired) electrons. The van der Waals surface area contributed by atoms with Gasteiger partial charge in [0.2, 0.25) is 17.8 Å². The maximum absolute atomic E-state index is 12.1. The number of fused-ring (bicyclic) bond motifs is 1. The molecule has 2 aromatic rings. The van der Waals surface area contributed by atoms with Crippen LogP contribution in [0.15, 0.2) is 30.6 Å². The standard InChI is InChI=1S/C14H15N5O2/c1-9-3-2-4-11(5-9)17-12(20)6-10-7-19-14(15-8-16-19)18-13(10)21/h2-5,8,10H,6-7H2,1H3,(H,17,20)(H,15,16,18,21)/t10-/m0/s1. The second-order valence-electron chi connectivity index (χ2n) is 5.07. The first-order valence-electron chi connectivity index (χ1n) is 6.67. The number of amides is 2. The monoisotopic (exact) mass is 285 g/mol. The van der Waals surface area contributed by atoms with Crippen molar-refractivity contribution in [2.45, 2.75) is 19.9 Å². The molecule has 2 heterocycles. The molecule has 1 aliphatic rings. The molecule has 2 amide bonds. The molecule has 1 aromatic heterocycles. The van der Waals surface area contributed by atoms with Crippen molar-refractivity contribution in [3.63, 3.8) is 0 Å². The maximum atomic E-state index is 12.1. The van der Waals surface area contributed by atoms with Crippen LogP contribution in [-0.4, -0.2) is 26.6 Å². The van der Waals surface area contributed by atoms with Crippen LogP contribution in [0.1, 0.15) is 12.0 Å². The molecule has 3 rings (SSSR count). The van der Waals surface area contributed by atoms with E-state index < -0.39 is 5.92 Å². The lowest BCUT2D eigenvalue weighted by atomic mass is 10.0. The van der Waals surface area contributed by atoms with E-state index in [1.807, 2.05) is 31.2 Å². The largest absolute Gasteiger partial charge is 0.326 e. The Bertz CT molecular complexity index is 694. The summed E-state index contributed by atoms with van der Waals surface area (Å²) in [4.78, 5) is 27.9. The van der Waals surface area contributed by atoms with E-state index in [4.69, 9.17) is 0 Å². The molecule has 0 fully saturated rings. The first-order valence-corrected chi connectivity index (χ1v) is 6.67. The number of hydrogen-bond acceptors (Lipinski definition) is 4. The fraction of sp³-hybridized carbons (Fsp3) is 0.286. The Balaban J connectivity index is 1.64. The highest BCUT2D eigenvalue weighted by Gasteiger charge is 2.29. The summed E-state index contributed by atoms with van der Waals surface area (Å²) in [6.45, 7) is 2.32. The number of aromatic nitrogens is 3. The van der Waals surface area contributed by atoms with Crippen LogP contribution in [0, 0.1) is 12.8 Å². The molecule has 0 spiro atoms. The summed E-state index contributed by atoms with van der Waals surface area (Å²) in [5, 5.41) is 9.45. The van der Waals surface area contributed by atoms with Gasteiger partial charge in [0, 0.05) is 12.1 Å². The van der Waals surface area contributed by atoms with E-state index in [0.29, 0.717) is 12.5 Å². The van der Waals surface area contributed by atoms with Crippen molar-refractivity contribution < 1.29 is 9.59 Å². The lowest BCUT2D eigenvalue weighted by Gasteiger charge is -2.21. The maximum Gasteiger partial charge on any atom is 0.232 e. The number of rotatable bonds is 3. The minimum atomic E-state index is -0.441. The molecule has 0 saturated heterocycles. The summed E-state index contributed by atoms with van der Waals surface area (Å²) in [6, 6.07) is 7.53. The van der Waals surface area contributed by atoms with Crippen LogP contribution in [0.3, 0.4) is 0 Å². The van der Waals surface area contributed by atoms with E-state index in [9.17, 15) is 9.59 Å². The highest BCUT2D eigenvalue weighted by molar-refractivity contribution is 5.98. The molecular formula is C14H15N5O2. The van der Waals surface area contributed by atoms with E-state index in [1.54, 1.807) is 4.68 Å². The molecular weight excluding hydrogens is 270 g/mol. The third-order valence-electron chi connectivity index (χ3n) is 3.35. The smallest absolute Gasteiger partial charge is 0.232 e. The highest BCUT2D eigenvalue weighted by Crippen LogP contribution is 2.19. The van der Waals surface area contributed by atoms with Crippen LogP contribution >= 0.6 is 0 Å². The minimum Gasteiger partial charge on any atom is -0.326 e. The average Bonchev–Trinajstić information content (AvgIpc) is 2.86. The van der Waals surface area contributed by atoms with Crippen LogP contribution < -0.4 is 10.6 Å². The summed E-state index contributed by atoms with van der Waals surface area (Å²) in [5.74, 6) is -0.404. The van der Waals surface area contributed by atoms with E-state index in [-0.39, 0.29) is 18.2 Å². The van der Waals surface area contributed by atoms with Crippen molar-refractivity contribution in [2.75, 3.05) is 10.6 Å². The van der Waals surface area contributed by atoms with Gasteiger partial charge in [-0.25, -0.2) is 4.68 Å². The second-order valence-corrected chi connectivity index (χ2v) is 5.07. The van der Waals surface area contributed by atoms with Crippen molar-refractivity contribution in [1.29, 1.82) is 0 Å². The Morgan fingerprint density at radius 1 is 1.52 bits per heavy atom. The summed E-state index contributed by atoms with van der Waals surface area (Å²) in [7, 11) is 0. The van der Waals surface area contributed by atoms with Gasteiger partial charge in [-0.2, -0.15) is 10.1 Å². The van der Waals surface area contributed by atoms with Crippen molar-refractivity contribution in [3.05, 3.63) is 36.2 Å². The highest BCUT2D eigenvalue weighted by atomic mass is 16.2. The minimum absolute atomic E-state index is 0.110. The van der Waals surface area contributed by atoms with Crippen molar-refractivity contribution in [2.24, 2.45) is 5.92 Å². The third kappa shape index (κ3) is 2.91. The van der Waals surface area contributed by atoms with Crippen LogP contribution in [0.4, 0.5) is 11.6 Å². The molecule has 0 bridgehead atoms. The van der Waals surface area contributed by atoms with E-state index in [1.165, 1.54) is 6.33 Å². The molecule has 1 atom stereocenters. The molecule has 2 N–H and O–H groups in total. The van der Waals surface area contributed by atoms with Gasteiger partial charge < -0.3 is 5.32 Å². The normalized spacial score (nSPS) is 17.0.